The first kappa shape index (κ1) is 15.2. The van der Waals surface area contributed by atoms with E-state index < -0.39 is 9.84 Å². The second-order valence-corrected chi connectivity index (χ2v) is 7.81. The highest BCUT2D eigenvalue weighted by Crippen LogP contribution is 2.22. The van der Waals surface area contributed by atoms with Gasteiger partial charge < -0.3 is 10.3 Å². The van der Waals surface area contributed by atoms with Gasteiger partial charge in [0.15, 0.2) is 15.7 Å². The molecule has 0 aromatic carbocycles. The van der Waals surface area contributed by atoms with Crippen LogP contribution in [0.1, 0.15) is 16.8 Å². The molecule has 0 radical (unpaired) electrons. The minimum atomic E-state index is -3.04. The SMILES string of the molecule is CN(C(=O)c1cc(Br)cnc1NN)C1CCS(=O)(=O)C1. The molecule has 0 saturated carbocycles. The van der Waals surface area contributed by atoms with Gasteiger partial charge >= 0.3 is 0 Å². The highest BCUT2D eigenvalue weighted by atomic mass is 79.9. The third-order valence-corrected chi connectivity index (χ3v) is 5.48. The standard InChI is InChI=1S/C11H15BrN4O3S/c1-16(8-2-3-20(18,19)6-8)11(17)9-4-7(12)5-14-10(9)15-13/h4-5,8H,2-3,6,13H2,1H3,(H,14,15). The molecular weight excluding hydrogens is 348 g/mol. The number of nitrogens with zero attached hydrogens (tertiary/aromatic N) is 2. The lowest BCUT2D eigenvalue weighted by atomic mass is 10.1. The molecule has 0 bridgehead atoms. The number of hydrogen-bond donors (Lipinski definition) is 2. The molecule has 1 aromatic heterocycles. The molecule has 7 nitrogen and oxygen atoms in total. The minimum absolute atomic E-state index is 0.00204. The van der Waals surface area contributed by atoms with Crippen molar-refractivity contribution in [2.75, 3.05) is 24.0 Å². The summed E-state index contributed by atoms with van der Waals surface area (Å²) in [6, 6.07) is 1.29. The fourth-order valence-corrected chi connectivity index (χ4v) is 4.26. The molecule has 1 aliphatic heterocycles. The van der Waals surface area contributed by atoms with Crippen molar-refractivity contribution < 1.29 is 13.2 Å². The van der Waals surface area contributed by atoms with Gasteiger partial charge in [-0.1, -0.05) is 0 Å². The topological polar surface area (TPSA) is 105 Å². The maximum Gasteiger partial charge on any atom is 0.257 e. The molecule has 0 aliphatic carbocycles. The summed E-state index contributed by atoms with van der Waals surface area (Å²) in [4.78, 5) is 17.9. The number of nitrogens with one attached hydrogen (secondary N) is 1. The van der Waals surface area contributed by atoms with Crippen molar-refractivity contribution in [1.29, 1.82) is 0 Å². The molecule has 2 heterocycles. The number of pyridine rings is 1. The van der Waals surface area contributed by atoms with Crippen LogP contribution < -0.4 is 11.3 Å². The molecule has 1 atom stereocenters. The van der Waals surface area contributed by atoms with Gasteiger partial charge in [0.1, 0.15) is 0 Å². The Morgan fingerprint density at radius 1 is 1.60 bits per heavy atom. The van der Waals surface area contributed by atoms with Crippen LogP contribution >= 0.6 is 15.9 Å². The van der Waals surface area contributed by atoms with E-state index in [4.69, 9.17) is 5.84 Å². The summed E-state index contributed by atoms with van der Waals surface area (Å²) < 4.78 is 23.6. The summed E-state index contributed by atoms with van der Waals surface area (Å²) in [7, 11) is -1.45. The van der Waals surface area contributed by atoms with Crippen LogP contribution in [0.4, 0.5) is 5.82 Å². The van der Waals surface area contributed by atoms with Crippen LogP contribution in [0.2, 0.25) is 0 Å². The van der Waals surface area contributed by atoms with E-state index in [9.17, 15) is 13.2 Å². The van der Waals surface area contributed by atoms with Crippen LogP contribution in [-0.2, 0) is 9.84 Å². The van der Waals surface area contributed by atoms with E-state index in [0.717, 1.165) is 0 Å². The normalized spacial score (nSPS) is 20.6. The van der Waals surface area contributed by atoms with E-state index in [0.29, 0.717) is 16.5 Å². The Morgan fingerprint density at radius 3 is 2.85 bits per heavy atom. The number of hydrazine groups is 1. The maximum absolute atomic E-state index is 12.4. The number of hydrogen-bond acceptors (Lipinski definition) is 6. The van der Waals surface area contributed by atoms with Gasteiger partial charge in [-0.3, -0.25) is 4.79 Å². The summed E-state index contributed by atoms with van der Waals surface area (Å²) in [5.74, 6) is 5.41. The van der Waals surface area contributed by atoms with E-state index in [1.54, 1.807) is 13.1 Å². The average molecular weight is 363 g/mol. The smallest absolute Gasteiger partial charge is 0.257 e. The molecule has 110 valence electrons. The van der Waals surface area contributed by atoms with Gasteiger partial charge in [0, 0.05) is 23.8 Å². The second kappa shape index (κ2) is 5.66. The molecule has 1 aromatic rings. The van der Waals surface area contributed by atoms with Gasteiger partial charge in [-0.25, -0.2) is 19.2 Å². The Labute approximate surface area is 125 Å². The van der Waals surface area contributed by atoms with E-state index in [-0.39, 0.29) is 29.3 Å². The van der Waals surface area contributed by atoms with Crippen LogP contribution in [0.25, 0.3) is 0 Å². The van der Waals surface area contributed by atoms with Crippen molar-refractivity contribution >= 4 is 37.5 Å². The number of amides is 1. The van der Waals surface area contributed by atoms with Crippen LogP contribution in [-0.4, -0.2) is 48.8 Å². The Morgan fingerprint density at radius 2 is 2.30 bits per heavy atom. The Kier molecular flexibility index (Phi) is 4.31. The molecular formula is C11H15BrN4O3S. The Hall–Kier alpha value is -1.19. The predicted molar refractivity (Wildman–Crippen MR) is 78.9 cm³/mol. The fourth-order valence-electron chi connectivity index (χ4n) is 2.15. The molecule has 0 spiro atoms. The monoisotopic (exact) mass is 362 g/mol. The molecule has 1 saturated heterocycles. The van der Waals surface area contributed by atoms with E-state index >= 15 is 0 Å². The lowest BCUT2D eigenvalue weighted by molar-refractivity contribution is 0.0748. The third-order valence-electron chi connectivity index (χ3n) is 3.30. The van der Waals surface area contributed by atoms with Crippen LogP contribution in [0.5, 0.6) is 0 Å². The van der Waals surface area contributed by atoms with E-state index in [1.165, 1.54) is 11.1 Å². The quantitative estimate of drug-likeness (QED) is 0.595. The first-order valence-electron chi connectivity index (χ1n) is 5.94. The molecule has 1 fully saturated rings. The van der Waals surface area contributed by atoms with Gasteiger partial charge in [-0.2, -0.15) is 0 Å². The lowest BCUT2D eigenvalue weighted by Crippen LogP contribution is -2.38. The van der Waals surface area contributed by atoms with E-state index in [1.807, 2.05) is 0 Å². The van der Waals surface area contributed by atoms with Crippen LogP contribution in [0, 0.1) is 0 Å². The van der Waals surface area contributed by atoms with Crippen LogP contribution in [0.3, 0.4) is 0 Å². The first-order chi connectivity index (χ1) is 9.34. The Bertz CT molecular complexity index is 635. The van der Waals surface area contributed by atoms with Gasteiger partial charge in [0.2, 0.25) is 0 Å². The number of sulfone groups is 1. The zero-order valence-corrected chi connectivity index (χ0v) is 13.2. The number of nitrogens with two attached hydrogens (primary N) is 1. The largest absolute Gasteiger partial charge is 0.338 e. The third kappa shape index (κ3) is 3.10. The van der Waals surface area contributed by atoms with Gasteiger partial charge in [0.25, 0.3) is 5.91 Å². The molecule has 1 amide bonds. The number of anilines is 1. The van der Waals surface area contributed by atoms with Crippen molar-refractivity contribution in [2.45, 2.75) is 12.5 Å². The van der Waals surface area contributed by atoms with Crippen LogP contribution in [0.15, 0.2) is 16.7 Å². The lowest BCUT2D eigenvalue weighted by Gasteiger charge is -2.24. The number of aromatic nitrogens is 1. The summed E-state index contributed by atoms with van der Waals surface area (Å²) in [6.45, 7) is 0. The second-order valence-electron chi connectivity index (χ2n) is 4.67. The zero-order valence-electron chi connectivity index (χ0n) is 10.8. The van der Waals surface area contributed by atoms with Gasteiger partial charge in [0.05, 0.1) is 17.1 Å². The highest BCUT2D eigenvalue weighted by molar-refractivity contribution is 9.10. The van der Waals surface area contributed by atoms with Crippen molar-refractivity contribution in [3.05, 3.63) is 22.3 Å². The number of rotatable bonds is 3. The first-order valence-corrected chi connectivity index (χ1v) is 8.55. The summed E-state index contributed by atoms with van der Waals surface area (Å²) in [5, 5.41) is 0. The van der Waals surface area contributed by atoms with Gasteiger partial charge in [-0.05, 0) is 28.4 Å². The number of carbonyl (C=O) groups is 1. The predicted octanol–water partition coefficient (Wildman–Crippen LogP) is 0.389. The average Bonchev–Trinajstić information content (AvgIpc) is 2.77. The van der Waals surface area contributed by atoms with Crippen molar-refractivity contribution in [2.24, 2.45) is 5.84 Å². The fraction of sp³-hybridized carbons (Fsp3) is 0.455. The molecule has 2 rings (SSSR count). The molecule has 1 unspecified atom stereocenters. The molecule has 20 heavy (non-hydrogen) atoms. The number of carbonyl (C=O) groups excluding carboxylic acids is 1. The molecule has 1 aliphatic rings. The van der Waals surface area contributed by atoms with Gasteiger partial charge in [-0.15, -0.1) is 0 Å². The summed E-state index contributed by atoms with van der Waals surface area (Å²) in [6.07, 6.45) is 1.98. The maximum atomic E-state index is 12.4. The van der Waals surface area contributed by atoms with E-state index in [2.05, 4.69) is 26.3 Å². The molecule has 3 N–H and O–H groups in total. The Balaban J connectivity index is 2.25. The molecule has 9 heteroatoms. The van der Waals surface area contributed by atoms with Crippen molar-refractivity contribution in [1.82, 2.24) is 9.88 Å². The number of halogens is 1. The summed E-state index contributed by atoms with van der Waals surface area (Å²) in [5.41, 5.74) is 2.67. The zero-order chi connectivity index (χ0) is 14.9. The highest BCUT2D eigenvalue weighted by Gasteiger charge is 2.33. The number of nitrogen functional groups attached to an aromatic ring is 1. The van der Waals surface area contributed by atoms with Crippen molar-refractivity contribution in [3.8, 4) is 0 Å². The minimum Gasteiger partial charge on any atom is -0.338 e. The summed E-state index contributed by atoms with van der Waals surface area (Å²) >= 11 is 3.25. The van der Waals surface area contributed by atoms with Crippen molar-refractivity contribution in [3.63, 3.8) is 0 Å².